The smallest absolute Gasteiger partial charge is 0.240 e. The fraction of sp³-hybridized carbons (Fsp3) is 0.278. The van der Waals surface area contributed by atoms with Crippen molar-refractivity contribution in [2.75, 3.05) is 23.7 Å². The van der Waals surface area contributed by atoms with Gasteiger partial charge in [0.05, 0.1) is 11.9 Å². The maximum Gasteiger partial charge on any atom is 0.240 e. The summed E-state index contributed by atoms with van der Waals surface area (Å²) in [4.78, 5) is 12.2. The minimum absolute atomic E-state index is 0.283. The standard InChI is InChI=1S/C18H21ClN2O3S/c1-14-8-9-16(19)12-17(14)21(25(2,23)24)13-18(22)20-11-10-15-6-4-3-5-7-15/h3-9,12H,10-11,13H2,1-2H3,(H,20,22). The van der Waals surface area contributed by atoms with Crippen LogP contribution in [0, 0.1) is 6.92 Å². The maximum absolute atomic E-state index is 12.2. The Morgan fingerprint density at radius 2 is 1.84 bits per heavy atom. The van der Waals surface area contributed by atoms with Crippen molar-refractivity contribution < 1.29 is 13.2 Å². The molecule has 1 N–H and O–H groups in total. The molecule has 0 heterocycles. The van der Waals surface area contributed by atoms with Crippen LogP contribution in [0.3, 0.4) is 0 Å². The highest BCUT2D eigenvalue weighted by Crippen LogP contribution is 2.26. The molecule has 1 amide bonds. The van der Waals surface area contributed by atoms with Crippen molar-refractivity contribution in [1.29, 1.82) is 0 Å². The number of carbonyl (C=O) groups is 1. The second-order valence-corrected chi connectivity index (χ2v) is 8.13. The van der Waals surface area contributed by atoms with Crippen LogP contribution < -0.4 is 9.62 Å². The number of nitrogens with one attached hydrogen (secondary N) is 1. The van der Waals surface area contributed by atoms with Crippen molar-refractivity contribution in [1.82, 2.24) is 5.32 Å². The summed E-state index contributed by atoms with van der Waals surface area (Å²) >= 11 is 5.98. The van der Waals surface area contributed by atoms with Gasteiger partial charge in [-0.05, 0) is 36.6 Å². The summed E-state index contributed by atoms with van der Waals surface area (Å²) in [5.41, 5.74) is 2.24. The van der Waals surface area contributed by atoms with Gasteiger partial charge in [-0.1, -0.05) is 48.0 Å². The minimum Gasteiger partial charge on any atom is -0.354 e. The molecule has 0 radical (unpaired) electrons. The first-order valence-corrected chi connectivity index (χ1v) is 10.0. The summed E-state index contributed by atoms with van der Waals surface area (Å²) in [7, 11) is -3.62. The minimum atomic E-state index is -3.62. The van der Waals surface area contributed by atoms with E-state index in [1.165, 1.54) is 0 Å². The van der Waals surface area contributed by atoms with Crippen molar-refractivity contribution in [2.45, 2.75) is 13.3 Å². The van der Waals surface area contributed by atoms with Crippen LogP contribution in [-0.2, 0) is 21.2 Å². The highest BCUT2D eigenvalue weighted by Gasteiger charge is 2.22. The van der Waals surface area contributed by atoms with Gasteiger partial charge < -0.3 is 5.32 Å². The summed E-state index contributed by atoms with van der Waals surface area (Å²) in [5, 5.41) is 3.18. The van der Waals surface area contributed by atoms with Crippen LogP contribution >= 0.6 is 11.6 Å². The SMILES string of the molecule is Cc1ccc(Cl)cc1N(CC(=O)NCCc1ccccc1)S(C)(=O)=O. The Labute approximate surface area is 153 Å². The number of hydrogen-bond donors (Lipinski definition) is 1. The van der Waals surface area contributed by atoms with E-state index in [0.717, 1.165) is 21.7 Å². The molecule has 0 saturated carbocycles. The number of nitrogens with zero attached hydrogens (tertiary/aromatic N) is 1. The number of hydrogen-bond acceptors (Lipinski definition) is 3. The Hall–Kier alpha value is -2.05. The molecule has 0 aromatic heterocycles. The van der Waals surface area contributed by atoms with E-state index in [1.807, 2.05) is 30.3 Å². The predicted octanol–water partition coefficient (Wildman–Crippen LogP) is 2.77. The van der Waals surface area contributed by atoms with Crippen LogP contribution in [0.2, 0.25) is 5.02 Å². The largest absolute Gasteiger partial charge is 0.354 e. The third-order valence-electron chi connectivity index (χ3n) is 3.71. The van der Waals surface area contributed by atoms with Gasteiger partial charge in [0.25, 0.3) is 0 Å². The molecule has 0 aliphatic heterocycles. The highest BCUT2D eigenvalue weighted by molar-refractivity contribution is 7.92. The summed E-state index contributed by atoms with van der Waals surface area (Å²) < 4.78 is 25.3. The van der Waals surface area contributed by atoms with E-state index in [0.29, 0.717) is 23.7 Å². The number of aryl methyl sites for hydroxylation is 1. The molecule has 25 heavy (non-hydrogen) atoms. The highest BCUT2D eigenvalue weighted by atomic mass is 35.5. The average molecular weight is 381 g/mol. The molecule has 0 spiro atoms. The first-order valence-electron chi connectivity index (χ1n) is 7.82. The van der Waals surface area contributed by atoms with E-state index >= 15 is 0 Å². The van der Waals surface area contributed by atoms with Crippen molar-refractivity contribution in [3.05, 3.63) is 64.7 Å². The number of sulfonamides is 1. The lowest BCUT2D eigenvalue weighted by Gasteiger charge is -2.23. The molecular formula is C18H21ClN2O3S. The molecule has 2 rings (SSSR count). The molecule has 0 bridgehead atoms. The summed E-state index contributed by atoms with van der Waals surface area (Å²) in [6.45, 7) is 1.93. The van der Waals surface area contributed by atoms with Crippen LogP contribution in [0.25, 0.3) is 0 Å². The summed E-state index contributed by atoms with van der Waals surface area (Å²) in [6.07, 6.45) is 1.76. The van der Waals surface area contributed by atoms with Crippen LogP contribution in [-0.4, -0.2) is 33.7 Å². The molecule has 0 unspecified atom stereocenters. The Bertz CT molecular complexity index is 839. The average Bonchev–Trinajstić information content (AvgIpc) is 2.55. The van der Waals surface area contributed by atoms with Gasteiger partial charge in [0, 0.05) is 11.6 Å². The van der Waals surface area contributed by atoms with E-state index in [-0.39, 0.29) is 12.5 Å². The first-order chi connectivity index (χ1) is 11.8. The number of halogens is 1. The number of rotatable bonds is 7. The number of carbonyl (C=O) groups excluding carboxylic acids is 1. The van der Waals surface area contributed by atoms with Gasteiger partial charge in [0.1, 0.15) is 6.54 Å². The topological polar surface area (TPSA) is 66.5 Å². The fourth-order valence-electron chi connectivity index (χ4n) is 2.41. The summed E-state index contributed by atoms with van der Waals surface area (Å²) in [5.74, 6) is -0.360. The predicted molar refractivity (Wildman–Crippen MR) is 102 cm³/mol. The number of amides is 1. The maximum atomic E-state index is 12.2. The molecule has 2 aromatic carbocycles. The van der Waals surface area contributed by atoms with Crippen LogP contribution in [0.1, 0.15) is 11.1 Å². The van der Waals surface area contributed by atoms with Crippen molar-refractivity contribution in [3.8, 4) is 0 Å². The Balaban J connectivity index is 2.05. The van der Waals surface area contributed by atoms with Crippen molar-refractivity contribution in [3.63, 3.8) is 0 Å². The van der Waals surface area contributed by atoms with E-state index in [1.54, 1.807) is 25.1 Å². The number of benzene rings is 2. The van der Waals surface area contributed by atoms with Crippen molar-refractivity contribution >= 4 is 33.2 Å². The van der Waals surface area contributed by atoms with Gasteiger partial charge in [-0.25, -0.2) is 8.42 Å². The molecule has 0 aliphatic carbocycles. The Morgan fingerprint density at radius 1 is 1.16 bits per heavy atom. The first kappa shape index (κ1) is 19.3. The molecule has 0 fully saturated rings. The molecular weight excluding hydrogens is 360 g/mol. The fourth-order valence-corrected chi connectivity index (χ4v) is 3.48. The van der Waals surface area contributed by atoms with E-state index in [2.05, 4.69) is 5.32 Å². The van der Waals surface area contributed by atoms with Crippen LogP contribution in [0.15, 0.2) is 48.5 Å². The van der Waals surface area contributed by atoms with Gasteiger partial charge in [-0.15, -0.1) is 0 Å². The number of anilines is 1. The normalized spacial score (nSPS) is 11.2. The van der Waals surface area contributed by atoms with E-state index in [4.69, 9.17) is 11.6 Å². The third kappa shape index (κ3) is 5.76. The second-order valence-electron chi connectivity index (χ2n) is 5.79. The van der Waals surface area contributed by atoms with Crippen molar-refractivity contribution in [2.24, 2.45) is 0 Å². The molecule has 7 heteroatoms. The lowest BCUT2D eigenvalue weighted by molar-refractivity contribution is -0.119. The molecule has 0 aliphatic rings. The van der Waals surface area contributed by atoms with Crippen LogP contribution in [0.4, 0.5) is 5.69 Å². The molecule has 2 aromatic rings. The lowest BCUT2D eigenvalue weighted by Crippen LogP contribution is -2.41. The van der Waals surface area contributed by atoms with E-state index in [9.17, 15) is 13.2 Å². The van der Waals surface area contributed by atoms with Gasteiger partial charge in [0.15, 0.2) is 0 Å². The second kappa shape index (κ2) is 8.36. The molecule has 0 saturated heterocycles. The van der Waals surface area contributed by atoms with Gasteiger partial charge in [-0.3, -0.25) is 9.10 Å². The zero-order chi connectivity index (χ0) is 18.4. The monoisotopic (exact) mass is 380 g/mol. The third-order valence-corrected chi connectivity index (χ3v) is 5.07. The zero-order valence-electron chi connectivity index (χ0n) is 14.2. The van der Waals surface area contributed by atoms with Gasteiger partial charge >= 0.3 is 0 Å². The van der Waals surface area contributed by atoms with E-state index < -0.39 is 10.0 Å². The Morgan fingerprint density at radius 3 is 2.48 bits per heavy atom. The lowest BCUT2D eigenvalue weighted by atomic mass is 10.1. The zero-order valence-corrected chi connectivity index (χ0v) is 15.8. The molecule has 0 atom stereocenters. The Kier molecular flexibility index (Phi) is 6.45. The molecule has 5 nitrogen and oxygen atoms in total. The van der Waals surface area contributed by atoms with Crippen LogP contribution in [0.5, 0.6) is 0 Å². The quantitative estimate of drug-likeness (QED) is 0.803. The summed E-state index contributed by atoms with van der Waals surface area (Å²) in [6, 6.07) is 14.7. The molecule has 134 valence electrons. The van der Waals surface area contributed by atoms with Gasteiger partial charge in [-0.2, -0.15) is 0 Å². The van der Waals surface area contributed by atoms with Gasteiger partial charge in [0.2, 0.25) is 15.9 Å².